The van der Waals surface area contributed by atoms with Crippen LogP contribution in [0.15, 0.2) is 24.3 Å². The van der Waals surface area contributed by atoms with Crippen LogP contribution < -0.4 is 10.5 Å². The molecule has 2 N–H and O–H groups in total. The first-order valence-corrected chi connectivity index (χ1v) is 6.78. The molecule has 2 rings (SSSR count). The third-order valence-electron chi connectivity index (χ3n) is 3.77. The average Bonchev–Trinajstić information content (AvgIpc) is 2.32. The van der Waals surface area contributed by atoms with Gasteiger partial charge < -0.3 is 10.5 Å². The van der Waals surface area contributed by atoms with E-state index in [0.29, 0.717) is 0 Å². The van der Waals surface area contributed by atoms with Gasteiger partial charge in [0.15, 0.2) is 0 Å². The molecule has 1 fully saturated rings. The molecule has 0 heterocycles. The lowest BCUT2D eigenvalue weighted by Gasteiger charge is -2.25. The summed E-state index contributed by atoms with van der Waals surface area (Å²) in [4.78, 5) is 0. The lowest BCUT2D eigenvalue weighted by molar-refractivity contribution is 0.220. The van der Waals surface area contributed by atoms with Gasteiger partial charge in [0.25, 0.3) is 0 Å². The van der Waals surface area contributed by atoms with Crippen LogP contribution in [0.25, 0.3) is 0 Å². The molecule has 94 valence electrons. The molecule has 1 saturated carbocycles. The van der Waals surface area contributed by atoms with Crippen LogP contribution in [0, 0.1) is 5.92 Å². The normalized spacial score (nSPS) is 17.5. The van der Waals surface area contributed by atoms with E-state index in [0.717, 1.165) is 30.3 Å². The lowest BCUT2D eigenvalue weighted by atomic mass is 9.83. The van der Waals surface area contributed by atoms with Crippen molar-refractivity contribution >= 4 is 0 Å². The van der Waals surface area contributed by atoms with Crippen LogP contribution >= 0.6 is 0 Å². The predicted molar refractivity (Wildman–Crippen MR) is 71.1 cm³/mol. The minimum absolute atomic E-state index is 0.0925. The Morgan fingerprint density at radius 3 is 2.76 bits per heavy atom. The molecule has 2 heteroatoms. The van der Waals surface area contributed by atoms with Crippen LogP contribution in [-0.2, 0) is 0 Å². The van der Waals surface area contributed by atoms with Crippen molar-refractivity contribution in [2.45, 2.75) is 45.1 Å². The van der Waals surface area contributed by atoms with Crippen molar-refractivity contribution in [3.63, 3.8) is 0 Å². The summed E-state index contributed by atoms with van der Waals surface area (Å²) in [5.41, 5.74) is 7.23. The van der Waals surface area contributed by atoms with E-state index in [9.17, 15) is 0 Å². The highest BCUT2D eigenvalue weighted by Gasteiger charge is 2.17. The van der Waals surface area contributed by atoms with Gasteiger partial charge in [0, 0.05) is 11.6 Å². The van der Waals surface area contributed by atoms with Crippen molar-refractivity contribution in [3.05, 3.63) is 29.8 Å². The number of rotatable bonds is 6. The standard InChI is InChI=1S/C15H23NO/c1-2-14(16)13-8-3-4-9-15(13)17-11-10-12-6-5-7-12/h3-4,8-9,12,14H,2,5-7,10-11,16H2,1H3/t14-/m0/s1. The van der Waals surface area contributed by atoms with Crippen molar-refractivity contribution in [2.24, 2.45) is 11.7 Å². The van der Waals surface area contributed by atoms with Crippen molar-refractivity contribution in [1.29, 1.82) is 0 Å². The largest absolute Gasteiger partial charge is 0.493 e. The van der Waals surface area contributed by atoms with Gasteiger partial charge in [0.1, 0.15) is 5.75 Å². The highest BCUT2D eigenvalue weighted by atomic mass is 16.5. The second-order valence-electron chi connectivity index (χ2n) is 4.99. The molecule has 0 aliphatic heterocycles. The number of ether oxygens (including phenoxy) is 1. The van der Waals surface area contributed by atoms with Crippen molar-refractivity contribution in [2.75, 3.05) is 6.61 Å². The van der Waals surface area contributed by atoms with Crippen molar-refractivity contribution in [3.8, 4) is 5.75 Å². The van der Waals surface area contributed by atoms with E-state index in [4.69, 9.17) is 10.5 Å². The predicted octanol–water partition coefficient (Wildman–Crippen LogP) is 3.67. The summed E-state index contributed by atoms with van der Waals surface area (Å²) in [7, 11) is 0. The monoisotopic (exact) mass is 233 g/mol. The molecular weight excluding hydrogens is 210 g/mol. The zero-order valence-electron chi connectivity index (χ0n) is 10.7. The second-order valence-corrected chi connectivity index (χ2v) is 4.99. The molecule has 2 nitrogen and oxygen atoms in total. The molecule has 0 saturated heterocycles. The van der Waals surface area contributed by atoms with Gasteiger partial charge in [-0.25, -0.2) is 0 Å². The maximum absolute atomic E-state index is 6.08. The van der Waals surface area contributed by atoms with Gasteiger partial charge in [-0.3, -0.25) is 0 Å². The lowest BCUT2D eigenvalue weighted by Crippen LogP contribution is -2.16. The Morgan fingerprint density at radius 2 is 2.12 bits per heavy atom. The smallest absolute Gasteiger partial charge is 0.124 e. The number of hydrogen-bond donors (Lipinski definition) is 1. The van der Waals surface area contributed by atoms with Crippen LogP contribution in [0.5, 0.6) is 5.75 Å². The third-order valence-corrected chi connectivity index (χ3v) is 3.77. The van der Waals surface area contributed by atoms with E-state index in [1.807, 2.05) is 18.2 Å². The van der Waals surface area contributed by atoms with Crippen LogP contribution in [0.4, 0.5) is 0 Å². The van der Waals surface area contributed by atoms with Gasteiger partial charge in [-0.2, -0.15) is 0 Å². The van der Waals surface area contributed by atoms with Crippen LogP contribution in [-0.4, -0.2) is 6.61 Å². The summed E-state index contributed by atoms with van der Waals surface area (Å²) < 4.78 is 5.89. The summed E-state index contributed by atoms with van der Waals surface area (Å²) in [6.07, 6.45) is 6.32. The second kappa shape index (κ2) is 6.06. The molecule has 0 amide bonds. The Morgan fingerprint density at radius 1 is 1.35 bits per heavy atom. The first-order chi connectivity index (χ1) is 8.31. The number of benzene rings is 1. The summed E-state index contributed by atoms with van der Waals surface area (Å²) in [6, 6.07) is 8.25. The van der Waals surface area contributed by atoms with E-state index in [2.05, 4.69) is 13.0 Å². The molecule has 1 aromatic rings. The summed E-state index contributed by atoms with van der Waals surface area (Å²) in [6.45, 7) is 2.94. The fourth-order valence-corrected chi connectivity index (χ4v) is 2.26. The van der Waals surface area contributed by atoms with Crippen molar-refractivity contribution < 1.29 is 4.74 Å². The Kier molecular flexibility index (Phi) is 4.43. The SMILES string of the molecule is CC[C@H](N)c1ccccc1OCCC1CCC1. The summed E-state index contributed by atoms with van der Waals surface area (Å²) >= 11 is 0. The van der Waals surface area contributed by atoms with Gasteiger partial charge in [-0.1, -0.05) is 44.4 Å². The molecule has 1 aliphatic rings. The minimum atomic E-state index is 0.0925. The van der Waals surface area contributed by atoms with Crippen LogP contribution in [0.3, 0.4) is 0 Å². The van der Waals surface area contributed by atoms with E-state index >= 15 is 0 Å². The summed E-state index contributed by atoms with van der Waals surface area (Å²) in [5.74, 6) is 1.88. The molecule has 0 aromatic heterocycles. The van der Waals surface area contributed by atoms with E-state index < -0.39 is 0 Å². The average molecular weight is 233 g/mol. The molecule has 1 aromatic carbocycles. The maximum atomic E-state index is 6.08. The van der Waals surface area contributed by atoms with Crippen LogP contribution in [0.1, 0.15) is 50.6 Å². The Hall–Kier alpha value is -1.02. The van der Waals surface area contributed by atoms with Gasteiger partial charge in [-0.05, 0) is 24.8 Å². The minimum Gasteiger partial charge on any atom is -0.493 e. The first-order valence-electron chi connectivity index (χ1n) is 6.78. The molecule has 0 spiro atoms. The Labute approximate surface area is 104 Å². The topological polar surface area (TPSA) is 35.2 Å². The highest BCUT2D eigenvalue weighted by molar-refractivity contribution is 5.35. The van der Waals surface area contributed by atoms with Gasteiger partial charge in [-0.15, -0.1) is 0 Å². The van der Waals surface area contributed by atoms with Crippen molar-refractivity contribution in [1.82, 2.24) is 0 Å². The fraction of sp³-hybridized carbons (Fsp3) is 0.600. The highest BCUT2D eigenvalue weighted by Crippen LogP contribution is 2.30. The number of hydrogen-bond acceptors (Lipinski definition) is 2. The Balaban J connectivity index is 1.89. The molecule has 0 bridgehead atoms. The number of para-hydroxylation sites is 1. The molecule has 1 aliphatic carbocycles. The van der Waals surface area contributed by atoms with Gasteiger partial charge >= 0.3 is 0 Å². The third kappa shape index (κ3) is 3.22. The molecular formula is C15H23NO. The fourth-order valence-electron chi connectivity index (χ4n) is 2.26. The zero-order valence-corrected chi connectivity index (χ0v) is 10.7. The van der Waals surface area contributed by atoms with Gasteiger partial charge in [0.2, 0.25) is 0 Å². The first kappa shape index (κ1) is 12.4. The van der Waals surface area contributed by atoms with E-state index in [-0.39, 0.29) is 6.04 Å². The van der Waals surface area contributed by atoms with E-state index in [1.54, 1.807) is 0 Å². The molecule has 0 radical (unpaired) electrons. The molecule has 0 unspecified atom stereocenters. The maximum Gasteiger partial charge on any atom is 0.124 e. The quantitative estimate of drug-likeness (QED) is 0.813. The molecule has 1 atom stereocenters. The Bertz CT molecular complexity index is 347. The zero-order chi connectivity index (χ0) is 12.1. The van der Waals surface area contributed by atoms with Gasteiger partial charge in [0.05, 0.1) is 6.61 Å². The molecule has 17 heavy (non-hydrogen) atoms. The number of nitrogens with two attached hydrogens (primary N) is 1. The summed E-state index contributed by atoms with van der Waals surface area (Å²) in [5, 5.41) is 0. The van der Waals surface area contributed by atoms with E-state index in [1.165, 1.54) is 25.7 Å². The van der Waals surface area contributed by atoms with Crippen LogP contribution in [0.2, 0.25) is 0 Å².